The van der Waals surface area contributed by atoms with Gasteiger partial charge in [-0.25, -0.2) is 9.07 Å². The first-order valence-electron chi connectivity index (χ1n) is 7.63. The topological polar surface area (TPSA) is 85.8 Å². The van der Waals surface area contributed by atoms with E-state index in [2.05, 4.69) is 15.5 Å². The summed E-state index contributed by atoms with van der Waals surface area (Å²) in [5.41, 5.74) is 1.24. The minimum atomic E-state index is -0.487. The third kappa shape index (κ3) is 4.14. The van der Waals surface area contributed by atoms with Crippen LogP contribution >= 0.6 is 23.4 Å². The Labute approximate surface area is 158 Å². The van der Waals surface area contributed by atoms with Crippen LogP contribution in [-0.4, -0.2) is 26.0 Å². The number of nitrogens with zero attached hydrogens (tertiary/aromatic N) is 3. The Hall–Kier alpha value is -2.58. The number of aromatic nitrogens is 3. The first-order valence-corrected chi connectivity index (χ1v) is 8.89. The van der Waals surface area contributed by atoms with E-state index in [0.29, 0.717) is 21.7 Å². The Morgan fingerprint density at radius 3 is 2.69 bits per heavy atom. The van der Waals surface area contributed by atoms with E-state index in [1.807, 2.05) is 6.07 Å². The number of benzene rings is 2. The van der Waals surface area contributed by atoms with Crippen LogP contribution in [0.15, 0.2) is 53.7 Å². The summed E-state index contributed by atoms with van der Waals surface area (Å²) in [5, 5.41) is 11.3. The Morgan fingerprint density at radius 1 is 1.27 bits per heavy atom. The molecule has 3 rings (SSSR count). The van der Waals surface area contributed by atoms with Gasteiger partial charge in [-0.2, -0.15) is 0 Å². The highest BCUT2D eigenvalue weighted by molar-refractivity contribution is 8.00. The molecule has 0 aliphatic rings. The molecule has 0 aliphatic carbocycles. The predicted molar refractivity (Wildman–Crippen MR) is 101 cm³/mol. The molecule has 1 atom stereocenters. The molecule has 2 aromatic carbocycles. The number of nitrogens with one attached hydrogen (secondary N) is 1. The number of carbonyl (C=O) groups excluding carboxylic acids is 1. The van der Waals surface area contributed by atoms with Crippen LogP contribution in [-0.2, 0) is 4.79 Å². The summed E-state index contributed by atoms with van der Waals surface area (Å²) in [6.45, 7) is 1.72. The van der Waals surface area contributed by atoms with Crippen LogP contribution < -0.4 is 11.2 Å². The molecular weight excluding hydrogens is 377 g/mol. The number of rotatable bonds is 5. The molecule has 0 aliphatic heterocycles. The molecule has 1 aromatic heterocycles. The van der Waals surface area contributed by atoms with Crippen LogP contribution in [0.3, 0.4) is 0 Å². The number of nitrogens with two attached hydrogens (primary N) is 1. The first kappa shape index (κ1) is 18.2. The molecule has 0 saturated heterocycles. The van der Waals surface area contributed by atoms with Crippen molar-refractivity contribution in [1.82, 2.24) is 14.9 Å². The van der Waals surface area contributed by atoms with E-state index in [4.69, 9.17) is 17.4 Å². The molecule has 0 spiro atoms. The summed E-state index contributed by atoms with van der Waals surface area (Å²) in [6.07, 6.45) is 0. The van der Waals surface area contributed by atoms with Gasteiger partial charge in [0.1, 0.15) is 5.82 Å². The molecule has 0 fully saturated rings. The zero-order chi connectivity index (χ0) is 18.7. The Kier molecular flexibility index (Phi) is 5.43. The van der Waals surface area contributed by atoms with Crippen molar-refractivity contribution in [3.63, 3.8) is 0 Å². The van der Waals surface area contributed by atoms with Crippen LogP contribution in [0.2, 0.25) is 5.02 Å². The Morgan fingerprint density at radius 2 is 2.00 bits per heavy atom. The van der Waals surface area contributed by atoms with Gasteiger partial charge in [0.15, 0.2) is 5.82 Å². The van der Waals surface area contributed by atoms with Crippen molar-refractivity contribution in [1.29, 1.82) is 0 Å². The fourth-order valence-electron chi connectivity index (χ4n) is 2.17. The molecule has 9 heteroatoms. The van der Waals surface area contributed by atoms with Crippen LogP contribution in [0.1, 0.15) is 6.92 Å². The number of hydrogen-bond acceptors (Lipinski definition) is 5. The van der Waals surface area contributed by atoms with Gasteiger partial charge >= 0.3 is 0 Å². The lowest BCUT2D eigenvalue weighted by Gasteiger charge is -2.11. The minimum absolute atomic E-state index is 0.256. The molecule has 26 heavy (non-hydrogen) atoms. The summed E-state index contributed by atoms with van der Waals surface area (Å²) < 4.78 is 14.2. The molecule has 3 N–H and O–H groups in total. The van der Waals surface area contributed by atoms with Crippen molar-refractivity contribution < 1.29 is 9.18 Å². The molecule has 6 nitrogen and oxygen atoms in total. The van der Waals surface area contributed by atoms with Gasteiger partial charge in [0.2, 0.25) is 11.1 Å². The van der Waals surface area contributed by atoms with E-state index in [-0.39, 0.29) is 11.7 Å². The van der Waals surface area contributed by atoms with Gasteiger partial charge < -0.3 is 11.2 Å². The van der Waals surface area contributed by atoms with Gasteiger partial charge in [-0.05, 0) is 43.3 Å². The quantitative estimate of drug-likeness (QED) is 0.513. The molecule has 0 bridgehead atoms. The van der Waals surface area contributed by atoms with Gasteiger partial charge in [0.05, 0.1) is 5.25 Å². The van der Waals surface area contributed by atoms with Crippen molar-refractivity contribution in [3.05, 3.63) is 59.4 Å². The maximum atomic E-state index is 12.9. The average Bonchev–Trinajstić information content (AvgIpc) is 2.97. The number of amides is 1. The zero-order valence-electron chi connectivity index (χ0n) is 13.7. The normalized spacial score (nSPS) is 12.0. The number of carbonyl (C=O) groups is 1. The first-order chi connectivity index (χ1) is 12.4. The van der Waals surface area contributed by atoms with Crippen molar-refractivity contribution in [3.8, 4) is 11.4 Å². The van der Waals surface area contributed by atoms with Crippen molar-refractivity contribution in [2.24, 2.45) is 0 Å². The number of thioether (sulfide) groups is 1. The lowest BCUT2D eigenvalue weighted by molar-refractivity contribution is -0.115. The number of anilines is 1. The Balaban J connectivity index is 1.70. The molecular formula is C17H15ClFN5OS. The smallest absolute Gasteiger partial charge is 0.237 e. The summed E-state index contributed by atoms with van der Waals surface area (Å²) in [4.78, 5) is 12.3. The molecule has 134 valence electrons. The summed E-state index contributed by atoms with van der Waals surface area (Å²) in [7, 11) is 0. The number of halogens is 2. The van der Waals surface area contributed by atoms with Crippen LogP contribution in [0.4, 0.5) is 10.1 Å². The maximum Gasteiger partial charge on any atom is 0.237 e. The van der Waals surface area contributed by atoms with E-state index in [1.165, 1.54) is 40.7 Å². The second-order valence-corrected chi connectivity index (χ2v) is 7.19. The van der Waals surface area contributed by atoms with E-state index in [9.17, 15) is 9.18 Å². The molecule has 3 aromatic rings. The summed E-state index contributed by atoms with van der Waals surface area (Å²) in [5.74, 6) is 5.88. The molecule has 0 radical (unpaired) electrons. The SMILES string of the molecule is C[C@@H](Sc1nnc(-c2cccc(Cl)c2)n1N)C(=O)Nc1ccc(F)cc1. The number of hydrogen-bond donors (Lipinski definition) is 2. The lowest BCUT2D eigenvalue weighted by atomic mass is 10.2. The average molecular weight is 392 g/mol. The molecule has 0 unspecified atom stereocenters. The van der Waals surface area contributed by atoms with Crippen LogP contribution in [0.25, 0.3) is 11.4 Å². The fourth-order valence-corrected chi connectivity index (χ4v) is 3.13. The second kappa shape index (κ2) is 7.76. The number of nitrogen functional groups attached to an aromatic ring is 1. The van der Waals surface area contributed by atoms with Gasteiger partial charge in [-0.3, -0.25) is 4.79 Å². The van der Waals surface area contributed by atoms with Gasteiger partial charge in [0, 0.05) is 16.3 Å². The monoisotopic (exact) mass is 391 g/mol. The minimum Gasteiger partial charge on any atom is -0.335 e. The highest BCUT2D eigenvalue weighted by Crippen LogP contribution is 2.26. The molecule has 0 saturated carbocycles. The Bertz CT molecular complexity index is 931. The van der Waals surface area contributed by atoms with Crippen LogP contribution in [0.5, 0.6) is 0 Å². The van der Waals surface area contributed by atoms with Gasteiger partial charge in [-0.1, -0.05) is 35.5 Å². The van der Waals surface area contributed by atoms with E-state index >= 15 is 0 Å². The molecule has 1 heterocycles. The van der Waals surface area contributed by atoms with Crippen molar-refractivity contribution in [2.75, 3.05) is 11.2 Å². The standard InChI is InChI=1S/C17H15ClFN5OS/c1-10(16(25)21-14-7-5-13(19)6-8-14)26-17-23-22-15(24(17)20)11-3-2-4-12(18)9-11/h2-10H,20H2,1H3,(H,21,25)/t10-/m1/s1. The van der Waals surface area contributed by atoms with E-state index in [0.717, 1.165) is 5.56 Å². The third-order valence-electron chi connectivity index (χ3n) is 3.51. The van der Waals surface area contributed by atoms with Gasteiger partial charge in [-0.15, -0.1) is 10.2 Å². The molecule has 1 amide bonds. The lowest BCUT2D eigenvalue weighted by Crippen LogP contribution is -2.23. The predicted octanol–water partition coefficient (Wildman–Crippen LogP) is 3.57. The largest absolute Gasteiger partial charge is 0.335 e. The van der Waals surface area contributed by atoms with E-state index < -0.39 is 5.25 Å². The summed E-state index contributed by atoms with van der Waals surface area (Å²) in [6, 6.07) is 12.6. The van der Waals surface area contributed by atoms with Gasteiger partial charge in [0.25, 0.3) is 0 Å². The van der Waals surface area contributed by atoms with Crippen LogP contribution in [0, 0.1) is 5.82 Å². The zero-order valence-corrected chi connectivity index (χ0v) is 15.3. The maximum absolute atomic E-state index is 12.9. The highest BCUT2D eigenvalue weighted by atomic mass is 35.5. The fraction of sp³-hybridized carbons (Fsp3) is 0.118. The summed E-state index contributed by atoms with van der Waals surface area (Å²) >= 11 is 7.15. The van der Waals surface area contributed by atoms with Crippen molar-refractivity contribution >= 4 is 35.0 Å². The third-order valence-corrected chi connectivity index (χ3v) is 4.80. The highest BCUT2D eigenvalue weighted by Gasteiger charge is 2.20. The van der Waals surface area contributed by atoms with Crippen molar-refractivity contribution in [2.45, 2.75) is 17.3 Å². The van der Waals surface area contributed by atoms with E-state index in [1.54, 1.807) is 25.1 Å². The second-order valence-electron chi connectivity index (χ2n) is 5.44.